The third-order valence-corrected chi connectivity index (χ3v) is 8.21. The SMILES string of the molecule is CC(C)(C)C1CCc2c(sc3ncn4nc(Cn5nc(C(F)(F)F)cc5C5CC5)nc4c23)C1. The summed E-state index contributed by atoms with van der Waals surface area (Å²) < 4.78 is 42.8. The molecule has 174 valence electrons. The molecule has 0 bridgehead atoms. The maximum absolute atomic E-state index is 13.3. The fourth-order valence-electron chi connectivity index (χ4n) is 4.96. The Kier molecular flexibility index (Phi) is 4.47. The summed E-state index contributed by atoms with van der Waals surface area (Å²) in [7, 11) is 0. The van der Waals surface area contributed by atoms with Crippen LogP contribution in [0.3, 0.4) is 0 Å². The second-order valence-electron chi connectivity index (χ2n) is 10.4. The smallest absolute Gasteiger partial charge is 0.261 e. The lowest BCUT2D eigenvalue weighted by Crippen LogP contribution is -2.26. The van der Waals surface area contributed by atoms with Gasteiger partial charge < -0.3 is 0 Å². The molecule has 1 saturated carbocycles. The molecule has 0 amide bonds. The van der Waals surface area contributed by atoms with Crippen molar-refractivity contribution in [2.45, 2.75) is 71.5 Å². The van der Waals surface area contributed by atoms with Crippen molar-refractivity contribution in [3.05, 3.63) is 40.0 Å². The lowest BCUT2D eigenvalue weighted by molar-refractivity contribution is -0.141. The summed E-state index contributed by atoms with van der Waals surface area (Å²) in [6.07, 6.45) is 2.14. The number of aromatic nitrogens is 6. The zero-order chi connectivity index (χ0) is 23.1. The Labute approximate surface area is 192 Å². The van der Waals surface area contributed by atoms with Crippen molar-refractivity contribution >= 4 is 27.2 Å². The first kappa shape index (κ1) is 21.1. The van der Waals surface area contributed by atoms with E-state index in [1.165, 1.54) is 21.2 Å². The van der Waals surface area contributed by atoms with Gasteiger partial charge in [0, 0.05) is 16.5 Å². The standard InChI is InChI=1S/C23H25F3N6S/c1-22(2,3)13-6-7-14-16(8-13)33-21-19(14)20-28-18(30-32(20)11-27-21)10-31-15(12-4-5-12)9-17(29-31)23(24,25)26/h9,11-13H,4-8,10H2,1-3H3. The Hall–Kier alpha value is -2.49. The summed E-state index contributed by atoms with van der Waals surface area (Å²) in [4.78, 5) is 11.7. The van der Waals surface area contributed by atoms with Crippen LogP contribution >= 0.6 is 11.3 Å². The monoisotopic (exact) mass is 474 g/mol. The average Bonchev–Trinajstić information content (AvgIpc) is 3.17. The molecular weight excluding hydrogens is 449 g/mol. The normalized spacial score (nSPS) is 19.5. The maximum Gasteiger partial charge on any atom is 0.435 e. The van der Waals surface area contributed by atoms with E-state index in [4.69, 9.17) is 4.98 Å². The van der Waals surface area contributed by atoms with Gasteiger partial charge in [0.25, 0.3) is 0 Å². The third-order valence-electron chi connectivity index (χ3n) is 7.04. The van der Waals surface area contributed by atoms with Crippen molar-refractivity contribution in [1.82, 2.24) is 29.4 Å². The number of thiophene rings is 1. The van der Waals surface area contributed by atoms with Crippen LogP contribution < -0.4 is 0 Å². The van der Waals surface area contributed by atoms with Gasteiger partial charge in [-0.3, -0.25) is 4.68 Å². The van der Waals surface area contributed by atoms with Crippen LogP contribution in [0, 0.1) is 11.3 Å². The minimum Gasteiger partial charge on any atom is -0.261 e. The summed E-state index contributed by atoms with van der Waals surface area (Å²) in [5.74, 6) is 1.22. The molecule has 0 aromatic carbocycles. The highest BCUT2D eigenvalue weighted by molar-refractivity contribution is 7.19. The highest BCUT2D eigenvalue weighted by atomic mass is 32.1. The molecule has 33 heavy (non-hydrogen) atoms. The van der Waals surface area contributed by atoms with Gasteiger partial charge in [-0.05, 0) is 55.1 Å². The van der Waals surface area contributed by atoms with Gasteiger partial charge in [-0.2, -0.15) is 18.3 Å². The molecule has 1 atom stereocenters. The Balaban J connectivity index is 1.39. The molecule has 0 aliphatic heterocycles. The summed E-state index contributed by atoms with van der Waals surface area (Å²) in [6, 6.07) is 1.17. The number of aryl methyl sites for hydroxylation is 1. The molecule has 6 rings (SSSR count). The van der Waals surface area contributed by atoms with Gasteiger partial charge in [0.05, 0.1) is 5.39 Å². The number of hydrogen-bond acceptors (Lipinski definition) is 5. The van der Waals surface area contributed by atoms with Crippen molar-refractivity contribution in [1.29, 1.82) is 0 Å². The molecule has 0 saturated heterocycles. The molecule has 0 N–H and O–H groups in total. The first-order chi connectivity index (χ1) is 15.6. The topological polar surface area (TPSA) is 60.9 Å². The summed E-state index contributed by atoms with van der Waals surface area (Å²) >= 11 is 1.73. The molecule has 4 aromatic heterocycles. The number of hydrogen-bond donors (Lipinski definition) is 0. The number of rotatable bonds is 3. The number of halogens is 3. The quantitative estimate of drug-likeness (QED) is 0.386. The summed E-state index contributed by atoms with van der Waals surface area (Å²) in [5, 5.41) is 9.43. The van der Waals surface area contributed by atoms with Crippen molar-refractivity contribution < 1.29 is 13.2 Å². The molecule has 10 heteroatoms. The van der Waals surface area contributed by atoms with Gasteiger partial charge in [-0.1, -0.05) is 20.8 Å². The molecule has 0 spiro atoms. The summed E-state index contributed by atoms with van der Waals surface area (Å²) in [6.45, 7) is 7.01. The minimum atomic E-state index is -4.46. The van der Waals surface area contributed by atoms with E-state index in [9.17, 15) is 13.2 Å². The van der Waals surface area contributed by atoms with Crippen molar-refractivity contribution in [2.75, 3.05) is 0 Å². The molecule has 2 aliphatic rings. The van der Waals surface area contributed by atoms with Crippen LogP contribution in [0.15, 0.2) is 12.4 Å². The number of fused-ring (bicyclic) bond motifs is 5. The van der Waals surface area contributed by atoms with Crippen LogP contribution in [0.25, 0.3) is 15.9 Å². The largest absolute Gasteiger partial charge is 0.435 e. The molecule has 0 radical (unpaired) electrons. The van der Waals surface area contributed by atoms with E-state index < -0.39 is 11.9 Å². The molecule has 4 heterocycles. The van der Waals surface area contributed by atoms with Gasteiger partial charge in [-0.15, -0.1) is 16.4 Å². The predicted molar refractivity (Wildman–Crippen MR) is 119 cm³/mol. The Morgan fingerprint density at radius 1 is 1.12 bits per heavy atom. The van der Waals surface area contributed by atoms with E-state index in [2.05, 4.69) is 36.0 Å². The van der Waals surface area contributed by atoms with E-state index in [0.29, 0.717) is 17.4 Å². The predicted octanol–water partition coefficient (Wildman–Crippen LogP) is 5.63. The van der Waals surface area contributed by atoms with E-state index >= 15 is 0 Å². The van der Waals surface area contributed by atoms with Crippen molar-refractivity contribution in [3.8, 4) is 0 Å². The fraction of sp³-hybridized carbons (Fsp3) is 0.565. The fourth-order valence-corrected chi connectivity index (χ4v) is 6.22. The maximum atomic E-state index is 13.3. The zero-order valence-electron chi connectivity index (χ0n) is 18.8. The van der Waals surface area contributed by atoms with Gasteiger partial charge in [-0.25, -0.2) is 14.5 Å². The van der Waals surface area contributed by atoms with Crippen LogP contribution in [0.4, 0.5) is 13.2 Å². The van der Waals surface area contributed by atoms with Crippen LogP contribution in [0.5, 0.6) is 0 Å². The highest BCUT2D eigenvalue weighted by Gasteiger charge is 2.38. The second kappa shape index (κ2) is 7.01. The van der Waals surface area contributed by atoms with Crippen LogP contribution in [-0.4, -0.2) is 29.4 Å². The minimum absolute atomic E-state index is 0.115. The van der Waals surface area contributed by atoms with E-state index in [1.807, 2.05) is 0 Å². The Bertz CT molecular complexity index is 1370. The van der Waals surface area contributed by atoms with Crippen molar-refractivity contribution in [3.63, 3.8) is 0 Å². The van der Waals surface area contributed by atoms with Crippen LogP contribution in [0.1, 0.15) is 73.6 Å². The molecule has 1 unspecified atom stereocenters. The van der Waals surface area contributed by atoms with Crippen molar-refractivity contribution in [2.24, 2.45) is 11.3 Å². The first-order valence-corrected chi connectivity index (χ1v) is 12.2. The summed E-state index contributed by atoms with van der Waals surface area (Å²) in [5.41, 5.74) is 2.07. The molecule has 6 nitrogen and oxygen atoms in total. The second-order valence-corrected chi connectivity index (χ2v) is 11.5. The van der Waals surface area contributed by atoms with Gasteiger partial charge in [0.2, 0.25) is 0 Å². The Morgan fingerprint density at radius 3 is 2.61 bits per heavy atom. The average molecular weight is 475 g/mol. The zero-order valence-corrected chi connectivity index (χ0v) is 19.6. The molecule has 2 aliphatic carbocycles. The van der Waals surface area contributed by atoms with Gasteiger partial charge in [0.15, 0.2) is 17.2 Å². The highest BCUT2D eigenvalue weighted by Crippen LogP contribution is 2.44. The Morgan fingerprint density at radius 2 is 1.91 bits per heavy atom. The van der Waals surface area contributed by atoms with E-state index in [-0.39, 0.29) is 17.9 Å². The van der Waals surface area contributed by atoms with Gasteiger partial charge >= 0.3 is 6.18 Å². The lowest BCUT2D eigenvalue weighted by atomic mass is 9.72. The number of alkyl halides is 3. The van der Waals surface area contributed by atoms with Crippen LogP contribution in [-0.2, 0) is 25.6 Å². The lowest BCUT2D eigenvalue weighted by Gasteiger charge is -2.33. The first-order valence-electron chi connectivity index (χ1n) is 11.4. The number of nitrogens with zero attached hydrogens (tertiary/aromatic N) is 6. The molecular formula is C23H25F3N6S. The van der Waals surface area contributed by atoms with Crippen LogP contribution in [0.2, 0.25) is 0 Å². The van der Waals surface area contributed by atoms with E-state index in [0.717, 1.165) is 48.0 Å². The molecule has 4 aromatic rings. The van der Waals surface area contributed by atoms with Gasteiger partial charge in [0.1, 0.15) is 17.7 Å². The molecule has 1 fully saturated rings. The van der Waals surface area contributed by atoms with E-state index in [1.54, 1.807) is 22.2 Å². The third kappa shape index (κ3) is 3.62.